The minimum absolute atomic E-state index is 0.511. The van der Waals surface area contributed by atoms with Gasteiger partial charge in [-0.05, 0) is 26.0 Å². The van der Waals surface area contributed by atoms with Gasteiger partial charge >= 0.3 is 0 Å². The molecule has 0 aliphatic carbocycles. The van der Waals surface area contributed by atoms with Crippen molar-refractivity contribution < 1.29 is 0 Å². The van der Waals surface area contributed by atoms with Crippen LogP contribution in [0, 0.1) is 11.3 Å². The molecular weight excluding hydrogens is 186 g/mol. The lowest BCUT2D eigenvalue weighted by Gasteiger charge is -2.08. The molecule has 15 heavy (non-hydrogen) atoms. The van der Waals surface area contributed by atoms with E-state index in [4.69, 9.17) is 11.0 Å². The minimum atomic E-state index is 0.511. The largest absolute Gasteiger partial charge is 0.396 e. The maximum Gasteiger partial charge on any atom is 0.101 e. The van der Waals surface area contributed by atoms with E-state index in [1.54, 1.807) is 6.07 Å². The number of allylic oxidation sites excluding steroid dienone is 1. The van der Waals surface area contributed by atoms with Crippen LogP contribution >= 0.6 is 0 Å². The fourth-order valence-electron chi connectivity index (χ4n) is 1.18. The number of nitriles is 1. The normalized spacial score (nSPS) is 9.13. The van der Waals surface area contributed by atoms with Crippen LogP contribution in [0.5, 0.6) is 0 Å². The van der Waals surface area contributed by atoms with Gasteiger partial charge in [-0.25, -0.2) is 0 Å². The second kappa shape index (κ2) is 5.06. The molecular formula is C12H15N3. The Balaban J connectivity index is 2.79. The highest BCUT2D eigenvalue weighted by atomic mass is 14.9. The molecule has 3 heteroatoms. The van der Waals surface area contributed by atoms with E-state index < -0.39 is 0 Å². The van der Waals surface area contributed by atoms with Crippen LogP contribution in [0.2, 0.25) is 0 Å². The summed E-state index contributed by atoms with van der Waals surface area (Å²) in [5.41, 5.74) is 8.89. The summed E-state index contributed by atoms with van der Waals surface area (Å²) in [6.45, 7) is 4.80. The molecule has 1 aromatic rings. The summed E-state index contributed by atoms with van der Waals surface area (Å²) in [6, 6.07) is 7.45. The van der Waals surface area contributed by atoms with Gasteiger partial charge in [0.15, 0.2) is 0 Å². The van der Waals surface area contributed by atoms with E-state index in [0.29, 0.717) is 11.3 Å². The summed E-state index contributed by atoms with van der Waals surface area (Å²) in [7, 11) is 0. The lowest BCUT2D eigenvalue weighted by molar-refractivity contribution is 1.26. The molecule has 1 aromatic carbocycles. The molecule has 0 aromatic heterocycles. The molecule has 0 saturated heterocycles. The molecule has 0 heterocycles. The molecule has 0 atom stereocenters. The molecule has 3 nitrogen and oxygen atoms in total. The van der Waals surface area contributed by atoms with Gasteiger partial charge in [-0.3, -0.25) is 0 Å². The third kappa shape index (κ3) is 3.03. The van der Waals surface area contributed by atoms with Gasteiger partial charge in [-0.15, -0.1) is 0 Å². The monoisotopic (exact) mass is 201 g/mol. The van der Waals surface area contributed by atoms with Crippen molar-refractivity contribution in [2.24, 2.45) is 0 Å². The molecule has 0 unspecified atom stereocenters. The van der Waals surface area contributed by atoms with E-state index in [2.05, 4.69) is 17.5 Å². The highest BCUT2D eigenvalue weighted by molar-refractivity contribution is 5.72. The Morgan fingerprint density at radius 1 is 1.53 bits per heavy atom. The van der Waals surface area contributed by atoms with Gasteiger partial charge in [-0.2, -0.15) is 5.26 Å². The van der Waals surface area contributed by atoms with Crippen molar-refractivity contribution in [3.05, 3.63) is 35.4 Å². The molecule has 0 bridgehead atoms. The first kappa shape index (κ1) is 11.1. The third-order valence-electron chi connectivity index (χ3n) is 2.03. The Morgan fingerprint density at radius 2 is 2.27 bits per heavy atom. The smallest absolute Gasteiger partial charge is 0.101 e. The summed E-state index contributed by atoms with van der Waals surface area (Å²) in [4.78, 5) is 0. The number of rotatable bonds is 3. The standard InChI is InChI=1S/C12H15N3/c1-9(2)6-7-15-11-5-3-4-10(8-13)12(11)14/h3-6,15H,7,14H2,1-2H3. The van der Waals surface area contributed by atoms with E-state index in [-0.39, 0.29) is 0 Å². The quantitative estimate of drug-likeness (QED) is 0.583. The molecule has 0 amide bonds. The van der Waals surface area contributed by atoms with Gasteiger partial charge < -0.3 is 11.1 Å². The number of nitrogens with two attached hydrogens (primary N) is 1. The van der Waals surface area contributed by atoms with E-state index in [1.165, 1.54) is 5.57 Å². The average Bonchev–Trinajstić information content (AvgIpc) is 2.20. The Labute approximate surface area is 90.2 Å². The number of nitrogens with zero attached hydrogens (tertiary/aromatic N) is 1. The first-order chi connectivity index (χ1) is 7.15. The van der Waals surface area contributed by atoms with E-state index in [9.17, 15) is 0 Å². The molecule has 78 valence electrons. The van der Waals surface area contributed by atoms with Gasteiger partial charge in [0.2, 0.25) is 0 Å². The molecule has 0 spiro atoms. The maximum atomic E-state index is 8.79. The van der Waals surface area contributed by atoms with Crippen molar-refractivity contribution in [3.8, 4) is 6.07 Å². The summed E-state index contributed by atoms with van der Waals surface area (Å²) in [6.07, 6.45) is 2.07. The van der Waals surface area contributed by atoms with Crippen LogP contribution in [0.15, 0.2) is 29.8 Å². The summed E-state index contributed by atoms with van der Waals surface area (Å²) in [5.74, 6) is 0. The molecule has 0 radical (unpaired) electrons. The SMILES string of the molecule is CC(C)=CCNc1cccc(C#N)c1N. The second-order valence-electron chi connectivity index (χ2n) is 3.54. The van der Waals surface area contributed by atoms with Crippen LogP contribution in [0.1, 0.15) is 19.4 Å². The van der Waals surface area contributed by atoms with Crippen molar-refractivity contribution in [3.63, 3.8) is 0 Å². The number of hydrogen-bond acceptors (Lipinski definition) is 3. The highest BCUT2D eigenvalue weighted by Gasteiger charge is 2.02. The van der Waals surface area contributed by atoms with Gasteiger partial charge in [0.05, 0.1) is 16.9 Å². The fourth-order valence-corrected chi connectivity index (χ4v) is 1.18. The summed E-state index contributed by atoms with van der Waals surface area (Å²) >= 11 is 0. The number of nitrogen functional groups attached to an aromatic ring is 1. The Morgan fingerprint density at radius 3 is 2.87 bits per heavy atom. The molecule has 0 aliphatic heterocycles. The van der Waals surface area contributed by atoms with Crippen molar-refractivity contribution in [1.82, 2.24) is 0 Å². The first-order valence-corrected chi connectivity index (χ1v) is 4.81. The molecule has 3 N–H and O–H groups in total. The first-order valence-electron chi connectivity index (χ1n) is 4.81. The van der Waals surface area contributed by atoms with Crippen LogP contribution in [-0.2, 0) is 0 Å². The third-order valence-corrected chi connectivity index (χ3v) is 2.03. The van der Waals surface area contributed by atoms with Crippen molar-refractivity contribution in [2.75, 3.05) is 17.6 Å². The Kier molecular flexibility index (Phi) is 3.75. The Hall–Kier alpha value is -1.95. The van der Waals surface area contributed by atoms with Crippen molar-refractivity contribution in [1.29, 1.82) is 5.26 Å². The van der Waals surface area contributed by atoms with Gasteiger partial charge in [0, 0.05) is 6.54 Å². The zero-order valence-corrected chi connectivity index (χ0v) is 9.04. The number of anilines is 2. The molecule has 0 saturated carbocycles. The molecule has 1 rings (SSSR count). The topological polar surface area (TPSA) is 61.8 Å². The molecule has 0 aliphatic rings. The summed E-state index contributed by atoms with van der Waals surface area (Å²) in [5, 5.41) is 12.0. The number of benzene rings is 1. The predicted molar refractivity (Wildman–Crippen MR) is 63.5 cm³/mol. The highest BCUT2D eigenvalue weighted by Crippen LogP contribution is 2.21. The minimum Gasteiger partial charge on any atom is -0.396 e. The van der Waals surface area contributed by atoms with Gasteiger partial charge in [0.25, 0.3) is 0 Å². The van der Waals surface area contributed by atoms with Crippen molar-refractivity contribution in [2.45, 2.75) is 13.8 Å². The fraction of sp³-hybridized carbons (Fsp3) is 0.250. The zero-order valence-electron chi connectivity index (χ0n) is 9.04. The number of para-hydroxylation sites is 1. The predicted octanol–water partition coefficient (Wildman–Crippen LogP) is 2.52. The van der Waals surface area contributed by atoms with Gasteiger partial charge in [0.1, 0.15) is 6.07 Å². The lowest BCUT2D eigenvalue weighted by Crippen LogP contribution is -2.03. The van der Waals surface area contributed by atoms with E-state index >= 15 is 0 Å². The summed E-state index contributed by atoms with van der Waals surface area (Å²) < 4.78 is 0. The van der Waals surface area contributed by atoms with Gasteiger partial charge in [-0.1, -0.05) is 17.7 Å². The second-order valence-corrected chi connectivity index (χ2v) is 3.54. The van der Waals surface area contributed by atoms with Crippen molar-refractivity contribution >= 4 is 11.4 Å². The van der Waals surface area contributed by atoms with Crippen LogP contribution in [0.3, 0.4) is 0 Å². The average molecular weight is 201 g/mol. The van der Waals surface area contributed by atoms with Crippen LogP contribution < -0.4 is 11.1 Å². The maximum absolute atomic E-state index is 8.79. The van der Waals surface area contributed by atoms with Crippen LogP contribution in [0.25, 0.3) is 0 Å². The zero-order chi connectivity index (χ0) is 11.3. The van der Waals surface area contributed by atoms with E-state index in [0.717, 1.165) is 12.2 Å². The van der Waals surface area contributed by atoms with Crippen LogP contribution in [-0.4, -0.2) is 6.54 Å². The number of nitrogens with one attached hydrogen (secondary N) is 1. The molecule has 0 fully saturated rings. The number of hydrogen-bond donors (Lipinski definition) is 2. The Bertz CT molecular complexity index is 409. The van der Waals surface area contributed by atoms with Crippen LogP contribution in [0.4, 0.5) is 11.4 Å². The van der Waals surface area contributed by atoms with E-state index in [1.807, 2.05) is 26.0 Å². The lowest BCUT2D eigenvalue weighted by atomic mass is 10.1.